The zero-order valence-electron chi connectivity index (χ0n) is 16.7. The van der Waals surface area contributed by atoms with E-state index in [9.17, 15) is 9.59 Å². The quantitative estimate of drug-likeness (QED) is 0.672. The molecule has 0 saturated carbocycles. The van der Waals surface area contributed by atoms with Gasteiger partial charge >= 0.3 is 0 Å². The molecule has 0 aliphatic carbocycles. The molecular weight excluding hydrogens is 364 g/mol. The maximum absolute atomic E-state index is 12.6. The van der Waals surface area contributed by atoms with Crippen LogP contribution in [0.3, 0.4) is 0 Å². The smallest absolute Gasteiger partial charge is 0.270 e. The molecule has 29 heavy (non-hydrogen) atoms. The van der Waals surface area contributed by atoms with Gasteiger partial charge in [-0.15, -0.1) is 0 Å². The van der Waals surface area contributed by atoms with Gasteiger partial charge in [-0.2, -0.15) is 0 Å². The first-order valence-corrected chi connectivity index (χ1v) is 9.34. The lowest BCUT2D eigenvalue weighted by atomic mass is 10.1. The van der Waals surface area contributed by atoms with Crippen LogP contribution in [0.4, 0.5) is 11.4 Å². The van der Waals surface area contributed by atoms with Crippen LogP contribution in [0.15, 0.2) is 72.9 Å². The third-order valence-electron chi connectivity index (χ3n) is 4.54. The molecule has 0 spiro atoms. The molecule has 0 fully saturated rings. The molecule has 3 rings (SSSR count). The van der Waals surface area contributed by atoms with Crippen LogP contribution in [0, 0.1) is 0 Å². The van der Waals surface area contributed by atoms with E-state index in [1.807, 2.05) is 80.5 Å². The van der Waals surface area contributed by atoms with Crippen LogP contribution >= 0.6 is 0 Å². The molecule has 148 valence electrons. The number of nitrogens with zero attached hydrogens (tertiary/aromatic N) is 2. The van der Waals surface area contributed by atoms with Crippen molar-refractivity contribution in [2.45, 2.75) is 13.0 Å². The molecule has 1 heterocycles. The van der Waals surface area contributed by atoms with Crippen molar-refractivity contribution >= 4 is 23.2 Å². The number of pyridine rings is 1. The number of aromatic nitrogens is 1. The highest BCUT2D eigenvalue weighted by atomic mass is 16.2. The van der Waals surface area contributed by atoms with E-state index < -0.39 is 0 Å². The van der Waals surface area contributed by atoms with E-state index in [1.165, 1.54) is 12.3 Å². The Morgan fingerprint density at radius 3 is 2.28 bits per heavy atom. The van der Waals surface area contributed by atoms with Crippen molar-refractivity contribution in [2.75, 3.05) is 24.3 Å². The summed E-state index contributed by atoms with van der Waals surface area (Å²) in [6.07, 6.45) is 1.46. The Morgan fingerprint density at radius 1 is 0.931 bits per heavy atom. The van der Waals surface area contributed by atoms with Crippen LogP contribution in [-0.4, -0.2) is 30.9 Å². The molecule has 0 bridgehead atoms. The molecule has 1 aromatic heterocycles. The van der Waals surface area contributed by atoms with E-state index in [2.05, 4.69) is 15.6 Å². The maximum atomic E-state index is 12.6. The Bertz CT molecular complexity index is 985. The van der Waals surface area contributed by atoms with Gasteiger partial charge in [-0.05, 0) is 48.9 Å². The molecule has 1 atom stereocenters. The zero-order chi connectivity index (χ0) is 20.8. The normalized spacial score (nSPS) is 11.4. The van der Waals surface area contributed by atoms with E-state index in [4.69, 9.17) is 0 Å². The van der Waals surface area contributed by atoms with Crippen LogP contribution in [0.2, 0.25) is 0 Å². The number of rotatable bonds is 6. The average molecular weight is 388 g/mol. The fourth-order valence-electron chi connectivity index (χ4n) is 2.84. The molecule has 6 nitrogen and oxygen atoms in total. The fourth-order valence-corrected chi connectivity index (χ4v) is 2.84. The second-order valence-corrected chi connectivity index (χ2v) is 6.93. The summed E-state index contributed by atoms with van der Waals surface area (Å²) in [5, 5.41) is 5.75. The van der Waals surface area contributed by atoms with Crippen molar-refractivity contribution in [3.63, 3.8) is 0 Å². The van der Waals surface area contributed by atoms with Gasteiger partial charge in [0.15, 0.2) is 0 Å². The molecule has 0 aliphatic rings. The molecule has 6 heteroatoms. The summed E-state index contributed by atoms with van der Waals surface area (Å²) in [6, 6.07) is 20.1. The summed E-state index contributed by atoms with van der Waals surface area (Å²) in [5.41, 5.74) is 3.29. The number of carbonyl (C=O) groups excluding carboxylic acids is 2. The summed E-state index contributed by atoms with van der Waals surface area (Å²) in [6.45, 7) is 1.90. The van der Waals surface area contributed by atoms with Gasteiger partial charge in [0.1, 0.15) is 5.69 Å². The van der Waals surface area contributed by atoms with Gasteiger partial charge in [0.25, 0.3) is 11.8 Å². The first-order valence-electron chi connectivity index (χ1n) is 9.34. The minimum atomic E-state index is -0.327. The van der Waals surface area contributed by atoms with Gasteiger partial charge in [0, 0.05) is 37.2 Å². The molecule has 0 aliphatic heterocycles. The topological polar surface area (TPSA) is 74.3 Å². The van der Waals surface area contributed by atoms with E-state index >= 15 is 0 Å². The number of nitrogens with one attached hydrogen (secondary N) is 2. The highest BCUT2D eigenvalue weighted by molar-refractivity contribution is 6.05. The number of hydrogen-bond acceptors (Lipinski definition) is 4. The summed E-state index contributed by atoms with van der Waals surface area (Å²) in [5.74, 6) is -0.624. The largest absolute Gasteiger partial charge is 0.378 e. The maximum Gasteiger partial charge on any atom is 0.270 e. The lowest BCUT2D eigenvalue weighted by Gasteiger charge is -2.14. The van der Waals surface area contributed by atoms with Crippen LogP contribution in [0.5, 0.6) is 0 Å². The summed E-state index contributed by atoms with van der Waals surface area (Å²) in [4.78, 5) is 31.2. The number of anilines is 2. The monoisotopic (exact) mass is 388 g/mol. The van der Waals surface area contributed by atoms with Gasteiger partial charge in [-0.1, -0.05) is 30.3 Å². The zero-order valence-corrected chi connectivity index (χ0v) is 16.7. The van der Waals surface area contributed by atoms with Crippen molar-refractivity contribution in [1.82, 2.24) is 10.3 Å². The van der Waals surface area contributed by atoms with Crippen molar-refractivity contribution in [3.05, 3.63) is 89.7 Å². The fraction of sp³-hybridized carbons (Fsp3) is 0.174. The summed E-state index contributed by atoms with van der Waals surface area (Å²) in [7, 11) is 3.91. The van der Waals surface area contributed by atoms with Crippen molar-refractivity contribution in [3.8, 4) is 0 Å². The molecule has 0 radical (unpaired) electrons. The molecule has 2 aromatic carbocycles. The summed E-state index contributed by atoms with van der Waals surface area (Å²) < 4.78 is 0. The van der Waals surface area contributed by atoms with E-state index in [-0.39, 0.29) is 23.6 Å². The van der Waals surface area contributed by atoms with E-state index in [0.29, 0.717) is 11.3 Å². The lowest BCUT2D eigenvalue weighted by molar-refractivity contribution is 0.0935. The van der Waals surface area contributed by atoms with Gasteiger partial charge < -0.3 is 15.5 Å². The highest BCUT2D eigenvalue weighted by Crippen LogP contribution is 2.17. The van der Waals surface area contributed by atoms with Gasteiger partial charge in [-0.25, -0.2) is 0 Å². The van der Waals surface area contributed by atoms with Crippen molar-refractivity contribution < 1.29 is 9.59 Å². The SMILES string of the molecule is CC(NC(=O)c1cc(C(=O)Nc2ccc(N(C)C)cc2)ccn1)c1ccccc1. The van der Waals surface area contributed by atoms with Crippen LogP contribution in [-0.2, 0) is 0 Å². The second kappa shape index (κ2) is 9.01. The van der Waals surface area contributed by atoms with E-state index in [0.717, 1.165) is 11.3 Å². The third kappa shape index (κ3) is 5.19. The van der Waals surface area contributed by atoms with E-state index in [1.54, 1.807) is 6.07 Å². The van der Waals surface area contributed by atoms with Crippen LogP contribution in [0.25, 0.3) is 0 Å². The number of benzene rings is 2. The molecular formula is C23H24N4O2. The molecule has 2 amide bonds. The Labute approximate surface area is 170 Å². The molecule has 2 N–H and O–H groups in total. The molecule has 3 aromatic rings. The third-order valence-corrected chi connectivity index (χ3v) is 4.54. The predicted molar refractivity (Wildman–Crippen MR) is 115 cm³/mol. The number of amides is 2. The molecule has 1 unspecified atom stereocenters. The Balaban J connectivity index is 1.68. The van der Waals surface area contributed by atoms with Gasteiger partial charge in [-0.3, -0.25) is 14.6 Å². The average Bonchev–Trinajstić information content (AvgIpc) is 2.74. The summed E-state index contributed by atoms with van der Waals surface area (Å²) >= 11 is 0. The van der Waals surface area contributed by atoms with Gasteiger partial charge in [0.05, 0.1) is 6.04 Å². The Morgan fingerprint density at radius 2 is 1.62 bits per heavy atom. The lowest BCUT2D eigenvalue weighted by Crippen LogP contribution is -2.27. The van der Waals surface area contributed by atoms with Crippen molar-refractivity contribution in [2.24, 2.45) is 0 Å². The van der Waals surface area contributed by atoms with Crippen molar-refractivity contribution in [1.29, 1.82) is 0 Å². The predicted octanol–water partition coefficient (Wildman–Crippen LogP) is 3.89. The first-order chi connectivity index (χ1) is 13.9. The number of hydrogen-bond donors (Lipinski definition) is 2. The first kappa shape index (κ1) is 20.1. The minimum absolute atomic E-state index is 0.168. The number of carbonyl (C=O) groups is 2. The van der Waals surface area contributed by atoms with Crippen LogP contribution in [0.1, 0.15) is 39.4 Å². The minimum Gasteiger partial charge on any atom is -0.378 e. The molecule has 0 saturated heterocycles. The van der Waals surface area contributed by atoms with Crippen LogP contribution < -0.4 is 15.5 Å². The Kier molecular flexibility index (Phi) is 6.24. The standard InChI is InChI=1S/C23H24N4O2/c1-16(17-7-5-4-6-8-17)25-23(29)21-15-18(13-14-24-21)22(28)26-19-9-11-20(12-10-19)27(2)3/h4-16H,1-3H3,(H,25,29)(H,26,28). The van der Waals surface area contributed by atoms with Gasteiger partial charge in [0.2, 0.25) is 0 Å². The highest BCUT2D eigenvalue weighted by Gasteiger charge is 2.15. The Hall–Kier alpha value is -3.67. The second-order valence-electron chi connectivity index (χ2n) is 6.93.